The molecular formula is C10H11N5O3S. The van der Waals surface area contributed by atoms with E-state index in [4.69, 9.17) is 0 Å². The molecule has 2 aromatic heterocycles. The first-order valence-corrected chi connectivity index (χ1v) is 6.10. The normalized spacial score (nSPS) is 10.5. The van der Waals surface area contributed by atoms with E-state index in [1.54, 1.807) is 6.92 Å². The summed E-state index contributed by atoms with van der Waals surface area (Å²) < 4.78 is 2.04. The summed E-state index contributed by atoms with van der Waals surface area (Å²) >= 11 is 1.20. The number of amides is 1. The molecular weight excluding hydrogens is 270 g/mol. The summed E-state index contributed by atoms with van der Waals surface area (Å²) in [5.41, 5.74) is -1.27. The van der Waals surface area contributed by atoms with Crippen LogP contribution in [0.4, 0.5) is 5.13 Å². The van der Waals surface area contributed by atoms with Crippen LogP contribution in [0.1, 0.15) is 15.4 Å². The maximum atomic E-state index is 12.0. The molecule has 0 aliphatic heterocycles. The number of anilines is 1. The van der Waals surface area contributed by atoms with Gasteiger partial charge >= 0.3 is 5.69 Å². The van der Waals surface area contributed by atoms with Gasteiger partial charge in [0, 0.05) is 20.3 Å². The number of hydrogen-bond donors (Lipinski definition) is 1. The zero-order valence-corrected chi connectivity index (χ0v) is 11.3. The molecule has 9 heteroatoms. The highest BCUT2D eigenvalue weighted by Crippen LogP contribution is 2.13. The topological polar surface area (TPSA) is 98.9 Å². The van der Waals surface area contributed by atoms with Crippen molar-refractivity contribution in [2.24, 2.45) is 14.1 Å². The van der Waals surface area contributed by atoms with E-state index in [0.29, 0.717) is 10.1 Å². The summed E-state index contributed by atoms with van der Waals surface area (Å²) in [6.45, 7) is 1.75. The molecule has 1 N–H and O–H groups in total. The summed E-state index contributed by atoms with van der Waals surface area (Å²) in [6, 6.07) is 0. The second kappa shape index (κ2) is 4.76. The third kappa shape index (κ3) is 2.45. The van der Waals surface area contributed by atoms with E-state index in [-0.39, 0.29) is 5.56 Å². The minimum absolute atomic E-state index is 0.127. The molecule has 0 fully saturated rings. The van der Waals surface area contributed by atoms with Gasteiger partial charge in [0.2, 0.25) is 5.13 Å². The zero-order chi connectivity index (χ0) is 14.2. The molecule has 0 aliphatic rings. The van der Waals surface area contributed by atoms with Gasteiger partial charge < -0.3 is 4.57 Å². The minimum Gasteiger partial charge on any atom is -0.303 e. The number of nitrogens with one attached hydrogen (secondary N) is 1. The van der Waals surface area contributed by atoms with Gasteiger partial charge in [0.25, 0.3) is 11.5 Å². The fourth-order valence-electron chi connectivity index (χ4n) is 1.48. The Kier molecular flexibility index (Phi) is 3.30. The average Bonchev–Trinajstić information content (AvgIpc) is 2.76. The number of carbonyl (C=O) groups excluding carboxylic acids is 1. The number of hydrogen-bond acceptors (Lipinski definition) is 6. The lowest BCUT2D eigenvalue weighted by Crippen LogP contribution is -2.40. The van der Waals surface area contributed by atoms with Crippen molar-refractivity contribution in [3.63, 3.8) is 0 Å². The molecule has 2 aromatic rings. The molecule has 2 rings (SSSR count). The number of carbonyl (C=O) groups is 1. The fourth-order valence-corrected chi connectivity index (χ4v) is 2.06. The van der Waals surface area contributed by atoms with Gasteiger partial charge in [0.05, 0.1) is 0 Å². The highest BCUT2D eigenvalue weighted by atomic mass is 32.1. The number of aromatic nitrogens is 4. The molecule has 19 heavy (non-hydrogen) atoms. The Balaban J connectivity index is 2.40. The molecule has 0 aliphatic carbocycles. The molecule has 0 saturated heterocycles. The van der Waals surface area contributed by atoms with Gasteiger partial charge in [0.15, 0.2) is 0 Å². The van der Waals surface area contributed by atoms with Crippen LogP contribution >= 0.6 is 11.3 Å². The van der Waals surface area contributed by atoms with Crippen molar-refractivity contribution in [3.05, 3.63) is 37.6 Å². The van der Waals surface area contributed by atoms with Gasteiger partial charge in [-0.05, 0) is 6.92 Å². The average molecular weight is 281 g/mol. The van der Waals surface area contributed by atoms with Gasteiger partial charge in [-0.2, -0.15) is 0 Å². The summed E-state index contributed by atoms with van der Waals surface area (Å²) in [6.07, 6.45) is 1.20. The van der Waals surface area contributed by atoms with Gasteiger partial charge in [0.1, 0.15) is 10.6 Å². The number of rotatable bonds is 2. The molecule has 0 aromatic carbocycles. The molecule has 0 unspecified atom stereocenters. The molecule has 2 heterocycles. The van der Waals surface area contributed by atoms with Crippen molar-refractivity contribution >= 4 is 22.4 Å². The van der Waals surface area contributed by atoms with Crippen LogP contribution in [0.2, 0.25) is 0 Å². The second-order valence-electron chi connectivity index (χ2n) is 3.88. The lowest BCUT2D eigenvalue weighted by molar-refractivity contribution is 0.102. The standard InChI is InChI=1S/C10H11N5O3S/c1-5-12-13-9(19-5)11-7(16)6-4-14(2)10(18)15(3)8(6)17/h4H,1-3H3,(H,11,13,16). The van der Waals surface area contributed by atoms with Crippen molar-refractivity contribution in [1.29, 1.82) is 0 Å². The van der Waals surface area contributed by atoms with Crippen LogP contribution in [-0.2, 0) is 14.1 Å². The lowest BCUT2D eigenvalue weighted by atomic mass is 10.3. The molecule has 0 saturated carbocycles. The predicted octanol–water partition coefficient (Wildman–Crippen LogP) is -0.504. The number of aryl methyl sites for hydroxylation is 2. The van der Waals surface area contributed by atoms with Crippen LogP contribution in [0.5, 0.6) is 0 Å². The molecule has 0 atom stereocenters. The summed E-state index contributed by atoms with van der Waals surface area (Å²) in [7, 11) is 2.78. The highest BCUT2D eigenvalue weighted by Gasteiger charge is 2.16. The third-order valence-electron chi connectivity index (χ3n) is 2.44. The fraction of sp³-hybridized carbons (Fsp3) is 0.300. The van der Waals surface area contributed by atoms with Gasteiger partial charge in [-0.25, -0.2) is 4.79 Å². The second-order valence-corrected chi connectivity index (χ2v) is 5.06. The third-order valence-corrected chi connectivity index (χ3v) is 3.19. The van der Waals surface area contributed by atoms with Crippen molar-refractivity contribution in [3.8, 4) is 0 Å². The van der Waals surface area contributed by atoms with Gasteiger partial charge in [-0.3, -0.25) is 19.5 Å². The SMILES string of the molecule is Cc1nnc(NC(=O)c2cn(C)c(=O)n(C)c2=O)s1. The van der Waals surface area contributed by atoms with E-state index in [0.717, 1.165) is 4.57 Å². The van der Waals surface area contributed by atoms with Crippen LogP contribution in [0.15, 0.2) is 15.8 Å². The predicted molar refractivity (Wildman–Crippen MR) is 69.5 cm³/mol. The molecule has 1 amide bonds. The van der Waals surface area contributed by atoms with Gasteiger partial charge in [-0.1, -0.05) is 11.3 Å². The Morgan fingerprint density at radius 1 is 1.32 bits per heavy atom. The molecule has 0 radical (unpaired) electrons. The highest BCUT2D eigenvalue weighted by molar-refractivity contribution is 7.15. The first-order chi connectivity index (χ1) is 8.90. The van der Waals surface area contributed by atoms with Crippen molar-refractivity contribution in [1.82, 2.24) is 19.3 Å². The van der Waals surface area contributed by atoms with Crippen molar-refractivity contribution in [2.75, 3.05) is 5.32 Å². The van der Waals surface area contributed by atoms with Crippen LogP contribution < -0.4 is 16.6 Å². The maximum Gasteiger partial charge on any atom is 0.330 e. The summed E-state index contributed by atoms with van der Waals surface area (Å²) in [5, 5.41) is 11.0. The lowest BCUT2D eigenvalue weighted by Gasteiger charge is -2.05. The molecule has 0 bridgehead atoms. The van der Waals surface area contributed by atoms with Crippen LogP contribution in [0, 0.1) is 6.92 Å². The first-order valence-electron chi connectivity index (χ1n) is 5.28. The summed E-state index contributed by atoms with van der Waals surface area (Å²) in [4.78, 5) is 35.3. The smallest absolute Gasteiger partial charge is 0.303 e. The maximum absolute atomic E-state index is 12.0. The van der Waals surface area contributed by atoms with E-state index < -0.39 is 17.2 Å². The zero-order valence-electron chi connectivity index (χ0n) is 10.5. The van der Waals surface area contributed by atoms with Crippen LogP contribution in [0.25, 0.3) is 0 Å². The molecule has 100 valence electrons. The Morgan fingerprint density at radius 2 is 2.00 bits per heavy atom. The van der Waals surface area contributed by atoms with Crippen LogP contribution in [0.3, 0.4) is 0 Å². The van der Waals surface area contributed by atoms with E-state index >= 15 is 0 Å². The largest absolute Gasteiger partial charge is 0.330 e. The van der Waals surface area contributed by atoms with E-state index in [9.17, 15) is 14.4 Å². The quantitative estimate of drug-likeness (QED) is 0.799. The Morgan fingerprint density at radius 3 is 2.58 bits per heavy atom. The summed E-state index contributed by atoms with van der Waals surface area (Å²) in [5.74, 6) is -0.618. The van der Waals surface area contributed by atoms with Crippen LogP contribution in [-0.4, -0.2) is 25.2 Å². The van der Waals surface area contributed by atoms with Crippen molar-refractivity contribution < 1.29 is 4.79 Å². The Hall–Kier alpha value is -2.29. The Bertz CT molecular complexity index is 757. The van der Waals surface area contributed by atoms with E-state index in [1.165, 1.54) is 36.2 Å². The van der Waals surface area contributed by atoms with E-state index in [1.807, 2.05) is 0 Å². The van der Waals surface area contributed by atoms with Crippen molar-refractivity contribution in [2.45, 2.75) is 6.92 Å². The molecule has 8 nitrogen and oxygen atoms in total. The molecule has 0 spiro atoms. The first kappa shape index (κ1) is 13.1. The Labute approximate surface area is 111 Å². The van der Waals surface area contributed by atoms with Gasteiger partial charge in [-0.15, -0.1) is 10.2 Å². The monoisotopic (exact) mass is 281 g/mol. The minimum atomic E-state index is -0.651. The van der Waals surface area contributed by atoms with E-state index in [2.05, 4.69) is 15.5 Å². The number of nitrogens with zero attached hydrogens (tertiary/aromatic N) is 4.